The van der Waals surface area contributed by atoms with Crippen LogP contribution in [0.25, 0.3) is 21.2 Å². The van der Waals surface area contributed by atoms with Crippen molar-refractivity contribution in [2.45, 2.75) is 37.1 Å². The number of benzene rings is 2. The van der Waals surface area contributed by atoms with Crippen molar-refractivity contribution in [3.63, 3.8) is 0 Å². The van der Waals surface area contributed by atoms with Crippen LogP contribution in [0.15, 0.2) is 46.4 Å². The van der Waals surface area contributed by atoms with Crippen LogP contribution in [0.1, 0.15) is 19.8 Å². The smallest absolute Gasteiger partial charge is 0.262 e. The summed E-state index contributed by atoms with van der Waals surface area (Å²) in [6.45, 7) is 1.87. The predicted molar refractivity (Wildman–Crippen MR) is 131 cm³/mol. The number of nitrogens with zero attached hydrogens (tertiary/aromatic N) is 3. The van der Waals surface area contributed by atoms with E-state index in [1.807, 2.05) is 6.07 Å². The number of carbonyl (C=O) groups excluding carboxylic acids is 2. The van der Waals surface area contributed by atoms with Crippen molar-refractivity contribution in [3.8, 4) is 5.88 Å². The molecule has 3 aliphatic rings. The van der Waals surface area contributed by atoms with E-state index in [0.717, 1.165) is 10.2 Å². The summed E-state index contributed by atoms with van der Waals surface area (Å²) in [4.78, 5) is 32.9. The van der Waals surface area contributed by atoms with Gasteiger partial charge in [-0.2, -0.15) is 0 Å². The molecule has 1 N–H and O–H groups in total. The van der Waals surface area contributed by atoms with E-state index in [1.165, 1.54) is 16.2 Å². The highest BCUT2D eigenvalue weighted by molar-refractivity contribution is 7.16. The lowest BCUT2D eigenvalue weighted by Crippen LogP contribution is -2.49. The third-order valence-electron chi connectivity index (χ3n) is 7.85. The number of aromatic nitrogens is 2. The molecular weight excluding hydrogens is 506 g/mol. The number of halogens is 1. The largest absolute Gasteiger partial charge is 0.475 e. The maximum atomic E-state index is 13.8. The molecule has 5 atom stereocenters. The molecule has 9 nitrogen and oxygen atoms in total. The molecule has 7 rings (SSSR count). The molecule has 3 fully saturated rings. The number of thiazole rings is 1. The molecule has 2 bridgehead atoms. The summed E-state index contributed by atoms with van der Waals surface area (Å²) in [7, 11) is 0. The Labute approximate surface area is 213 Å². The first kappa shape index (κ1) is 22.2. The van der Waals surface area contributed by atoms with Gasteiger partial charge in [-0.15, -0.1) is 11.3 Å². The van der Waals surface area contributed by atoms with E-state index in [4.69, 9.17) is 25.6 Å². The Hall–Kier alpha value is -3.05. The van der Waals surface area contributed by atoms with Gasteiger partial charge in [0.05, 0.1) is 56.9 Å². The number of aliphatic hydroxyl groups is 1. The van der Waals surface area contributed by atoms with Gasteiger partial charge in [-0.25, -0.2) is 9.88 Å². The zero-order chi connectivity index (χ0) is 24.8. The Kier molecular flexibility index (Phi) is 4.61. The topological polar surface area (TPSA) is 115 Å². The second kappa shape index (κ2) is 7.48. The summed E-state index contributed by atoms with van der Waals surface area (Å²) in [5.74, 6) is -1.88. The molecule has 3 aliphatic heterocycles. The van der Waals surface area contributed by atoms with Crippen molar-refractivity contribution < 1.29 is 28.7 Å². The van der Waals surface area contributed by atoms with Gasteiger partial charge in [0.15, 0.2) is 5.58 Å². The highest BCUT2D eigenvalue weighted by Gasteiger charge is 2.77. The van der Waals surface area contributed by atoms with Crippen LogP contribution in [0, 0.1) is 11.8 Å². The van der Waals surface area contributed by atoms with E-state index in [-0.39, 0.29) is 37.1 Å². The molecule has 2 amide bonds. The first-order valence-corrected chi connectivity index (χ1v) is 12.8. The van der Waals surface area contributed by atoms with E-state index >= 15 is 0 Å². The molecule has 36 heavy (non-hydrogen) atoms. The number of anilines is 1. The lowest BCUT2D eigenvalue weighted by atomic mass is 9.66. The Morgan fingerprint density at radius 3 is 2.92 bits per heavy atom. The number of hydrogen-bond donors (Lipinski definition) is 1. The van der Waals surface area contributed by atoms with Gasteiger partial charge in [-0.1, -0.05) is 11.6 Å². The third kappa shape index (κ3) is 2.89. The molecule has 3 saturated heterocycles. The zero-order valence-electron chi connectivity index (χ0n) is 19.0. The summed E-state index contributed by atoms with van der Waals surface area (Å²) in [5.41, 5.74) is 1.39. The first-order chi connectivity index (χ1) is 17.3. The van der Waals surface area contributed by atoms with Gasteiger partial charge < -0.3 is 19.1 Å². The molecule has 2 aromatic heterocycles. The fraction of sp³-hybridized carbons (Fsp3) is 0.360. The van der Waals surface area contributed by atoms with Crippen molar-refractivity contribution in [3.05, 3.63) is 46.9 Å². The summed E-state index contributed by atoms with van der Waals surface area (Å²) in [6.07, 6.45) is -0.359. The van der Waals surface area contributed by atoms with Gasteiger partial charge in [0.25, 0.3) is 5.88 Å². The van der Waals surface area contributed by atoms with E-state index in [1.54, 1.807) is 42.8 Å². The molecule has 5 unspecified atom stereocenters. The van der Waals surface area contributed by atoms with E-state index < -0.39 is 29.1 Å². The minimum Gasteiger partial charge on any atom is -0.475 e. The quantitative estimate of drug-likeness (QED) is 0.389. The van der Waals surface area contributed by atoms with Gasteiger partial charge in [-0.05, 0) is 48.5 Å². The minimum absolute atomic E-state index is 0.147. The van der Waals surface area contributed by atoms with Crippen LogP contribution in [-0.2, 0) is 14.3 Å². The Bertz CT molecular complexity index is 1570. The standard InChI is InChI=1S/C25H20ClN3O6S/c1-24-18(30)10-25(35-24,6-7-33-21-14-8-12(26)2-5-16(14)34-28-21)20-19(24)22(31)29(23(20)32)13-3-4-15-17(9-13)36-11-27-15/h2-5,8-9,11,18-20,30H,6-7,10H2,1H3. The fourth-order valence-electron chi connectivity index (χ4n) is 6.17. The number of amides is 2. The van der Waals surface area contributed by atoms with Crippen molar-refractivity contribution in [2.24, 2.45) is 11.8 Å². The molecule has 184 valence electrons. The monoisotopic (exact) mass is 525 g/mol. The Morgan fingerprint density at radius 1 is 1.22 bits per heavy atom. The van der Waals surface area contributed by atoms with Gasteiger partial charge in [0, 0.05) is 17.9 Å². The molecule has 0 radical (unpaired) electrons. The van der Waals surface area contributed by atoms with E-state index in [9.17, 15) is 14.7 Å². The number of hydrogen-bond acceptors (Lipinski definition) is 9. The molecule has 11 heteroatoms. The summed E-state index contributed by atoms with van der Waals surface area (Å²) < 4.78 is 18.5. The number of fused-ring (bicyclic) bond motifs is 7. The second-order valence-corrected chi connectivity index (χ2v) is 11.1. The van der Waals surface area contributed by atoms with E-state index in [2.05, 4.69) is 10.1 Å². The normalized spacial score (nSPS) is 31.2. The van der Waals surface area contributed by atoms with Gasteiger partial charge in [0.2, 0.25) is 11.8 Å². The van der Waals surface area contributed by atoms with Crippen molar-refractivity contribution in [2.75, 3.05) is 11.5 Å². The average molecular weight is 526 g/mol. The van der Waals surface area contributed by atoms with Gasteiger partial charge >= 0.3 is 0 Å². The van der Waals surface area contributed by atoms with Crippen LogP contribution in [0.3, 0.4) is 0 Å². The number of aliphatic hydroxyl groups excluding tert-OH is 1. The second-order valence-electron chi connectivity index (χ2n) is 9.77. The van der Waals surface area contributed by atoms with Gasteiger partial charge in [-0.3, -0.25) is 9.59 Å². The third-order valence-corrected chi connectivity index (χ3v) is 8.88. The van der Waals surface area contributed by atoms with Crippen LogP contribution >= 0.6 is 22.9 Å². The average Bonchev–Trinajstić information content (AvgIpc) is 3.62. The van der Waals surface area contributed by atoms with Crippen molar-refractivity contribution >= 4 is 61.6 Å². The zero-order valence-corrected chi connectivity index (χ0v) is 20.6. The van der Waals surface area contributed by atoms with Crippen molar-refractivity contribution in [1.29, 1.82) is 0 Å². The van der Waals surface area contributed by atoms with Crippen LogP contribution < -0.4 is 9.64 Å². The summed E-state index contributed by atoms with van der Waals surface area (Å²) in [6, 6.07) is 10.5. The fourth-order valence-corrected chi connectivity index (χ4v) is 7.06. The number of ether oxygens (including phenoxy) is 2. The Morgan fingerprint density at radius 2 is 2.06 bits per heavy atom. The summed E-state index contributed by atoms with van der Waals surface area (Å²) >= 11 is 7.54. The van der Waals surface area contributed by atoms with Crippen LogP contribution in [0.4, 0.5) is 5.69 Å². The maximum Gasteiger partial charge on any atom is 0.262 e. The van der Waals surface area contributed by atoms with Crippen molar-refractivity contribution in [1.82, 2.24) is 10.1 Å². The molecule has 4 aromatic rings. The predicted octanol–water partition coefficient (Wildman–Crippen LogP) is 3.96. The van der Waals surface area contributed by atoms with E-state index in [0.29, 0.717) is 21.7 Å². The number of imide groups is 1. The highest BCUT2D eigenvalue weighted by Crippen LogP contribution is 2.62. The lowest BCUT2D eigenvalue weighted by Gasteiger charge is -2.33. The molecular formula is C25H20ClN3O6S. The van der Waals surface area contributed by atoms with Crippen LogP contribution in [0.5, 0.6) is 5.88 Å². The molecule has 0 spiro atoms. The minimum atomic E-state index is -1.16. The molecule has 0 saturated carbocycles. The first-order valence-electron chi connectivity index (χ1n) is 11.6. The Balaban J connectivity index is 1.19. The molecule has 2 aromatic carbocycles. The van der Waals surface area contributed by atoms with Crippen LogP contribution in [0.2, 0.25) is 5.02 Å². The number of carbonyl (C=O) groups is 2. The van der Waals surface area contributed by atoms with Gasteiger partial charge in [0.1, 0.15) is 5.60 Å². The summed E-state index contributed by atoms with van der Waals surface area (Å²) in [5, 5.41) is 16.1. The molecule has 5 heterocycles. The lowest BCUT2D eigenvalue weighted by molar-refractivity contribution is -0.134. The van der Waals surface area contributed by atoms with Crippen LogP contribution in [-0.4, -0.2) is 51.0 Å². The highest BCUT2D eigenvalue weighted by atomic mass is 35.5. The number of rotatable bonds is 5. The SMILES string of the molecule is CC12OC(CCOc3noc4ccc(Cl)cc34)(CC1O)C1C(=O)N(c3ccc4ncsc4c3)C(=O)C12. The molecule has 0 aliphatic carbocycles. The maximum absolute atomic E-state index is 13.8.